The number of fused-ring (bicyclic) bond motifs is 1. The Hall–Kier alpha value is -7.82. The van der Waals surface area contributed by atoms with Crippen LogP contribution in [0.4, 0.5) is 0 Å². The van der Waals surface area contributed by atoms with E-state index in [1.165, 1.54) is 11.1 Å². The zero-order valence-corrected chi connectivity index (χ0v) is 39.0. The van der Waals surface area contributed by atoms with E-state index in [2.05, 4.69) is 196 Å². The van der Waals surface area contributed by atoms with E-state index in [4.69, 9.17) is 9.97 Å². The summed E-state index contributed by atoms with van der Waals surface area (Å²) in [5, 5.41) is 12.3. The van der Waals surface area contributed by atoms with E-state index < -0.39 is 5.89 Å². The van der Waals surface area contributed by atoms with Crippen LogP contribution in [0.2, 0.25) is 0 Å². The third-order valence-corrected chi connectivity index (χ3v) is 13.0. The van der Waals surface area contributed by atoms with Crippen LogP contribution < -0.4 is 0 Å². The molecular formula is C63H55N3O. The second-order valence-electron chi connectivity index (χ2n) is 18.4. The van der Waals surface area contributed by atoms with E-state index in [0.29, 0.717) is 11.4 Å². The predicted octanol–water partition coefficient (Wildman–Crippen LogP) is 17.2. The number of pyridine rings is 1. The van der Waals surface area contributed by atoms with Crippen LogP contribution in [0, 0.1) is 0 Å². The Kier molecular flexibility index (Phi) is 11.4. The van der Waals surface area contributed by atoms with Crippen LogP contribution in [0.15, 0.2) is 200 Å². The highest BCUT2D eigenvalue weighted by molar-refractivity contribution is 5.98. The van der Waals surface area contributed by atoms with E-state index >= 15 is 0 Å². The number of benzene rings is 8. The molecule has 0 aliphatic carbocycles. The summed E-state index contributed by atoms with van der Waals surface area (Å²) in [4.78, 5) is 10.6. The predicted molar refractivity (Wildman–Crippen MR) is 281 cm³/mol. The molecule has 10 rings (SSSR count). The lowest BCUT2D eigenvalue weighted by Crippen LogP contribution is -2.03. The molecule has 8 aromatic carbocycles. The third-order valence-electron chi connectivity index (χ3n) is 13.0. The summed E-state index contributed by atoms with van der Waals surface area (Å²) in [5.74, 6) is 0.282. The van der Waals surface area contributed by atoms with Crippen LogP contribution >= 0.6 is 0 Å². The van der Waals surface area contributed by atoms with Crippen LogP contribution in [0.3, 0.4) is 0 Å². The largest absolute Gasteiger partial charge is 0.507 e. The van der Waals surface area contributed by atoms with Crippen molar-refractivity contribution in [2.45, 2.75) is 59.3 Å². The van der Waals surface area contributed by atoms with Crippen molar-refractivity contribution in [3.63, 3.8) is 0 Å². The number of imidazole rings is 1. The fraction of sp³-hybridized carbons (Fsp3) is 0.143. The minimum Gasteiger partial charge on any atom is -0.507 e. The molecule has 0 saturated carbocycles. The number of para-hydroxylation sites is 1. The van der Waals surface area contributed by atoms with Crippen LogP contribution in [-0.2, 0) is 0 Å². The highest BCUT2D eigenvalue weighted by Crippen LogP contribution is 2.44. The lowest BCUT2D eigenvalue weighted by atomic mass is 9.91. The van der Waals surface area contributed by atoms with E-state index in [0.717, 1.165) is 89.2 Å². The molecule has 2 aromatic heterocycles. The van der Waals surface area contributed by atoms with Gasteiger partial charge in [-0.25, -0.2) is 4.98 Å². The highest BCUT2D eigenvalue weighted by Gasteiger charge is 2.25. The van der Waals surface area contributed by atoms with Crippen molar-refractivity contribution >= 4 is 11.0 Å². The Bertz CT molecular complexity index is 3420. The van der Waals surface area contributed by atoms with Gasteiger partial charge in [-0.3, -0.25) is 9.55 Å². The van der Waals surface area contributed by atoms with Crippen LogP contribution in [0.1, 0.15) is 77.3 Å². The molecule has 0 unspecified atom stereocenters. The Balaban J connectivity index is 1.20. The van der Waals surface area contributed by atoms with Crippen LogP contribution in [0.5, 0.6) is 5.75 Å². The fourth-order valence-corrected chi connectivity index (χ4v) is 9.21. The van der Waals surface area contributed by atoms with Gasteiger partial charge in [-0.05, 0) is 139 Å². The summed E-state index contributed by atoms with van der Waals surface area (Å²) in [6.45, 7) is 12.5. The van der Waals surface area contributed by atoms with Gasteiger partial charge in [0, 0.05) is 24.4 Å². The standard InChI is InChI=1S/C63H55N3O/c1-40(2)49-31-52(45-21-14-9-15-22-45)36-55(35-49)66-60-24-16-23-56(61(60)65-63(66)58-38-50(41(3)4)37-57(42(5)6)62(58)67)53-32-51(44-19-12-8-13-20-44)33-54(34-53)59-39-48(29-30-64-59)47-27-25-46(26-28-47)43-17-10-7-11-18-43/h7-42,67H,1-6H3/i40D. The minimum atomic E-state index is -0.892. The smallest absolute Gasteiger partial charge is 0.149 e. The molecule has 0 atom stereocenters. The van der Waals surface area contributed by atoms with Crippen molar-refractivity contribution in [1.29, 1.82) is 0 Å². The Labute approximate surface area is 396 Å². The van der Waals surface area contributed by atoms with Crippen molar-refractivity contribution in [2.24, 2.45) is 0 Å². The van der Waals surface area contributed by atoms with Gasteiger partial charge in [0.2, 0.25) is 0 Å². The van der Waals surface area contributed by atoms with E-state index in [9.17, 15) is 6.48 Å². The van der Waals surface area contributed by atoms with Crippen LogP contribution in [0.25, 0.3) is 95.0 Å². The van der Waals surface area contributed by atoms with Gasteiger partial charge in [0.25, 0.3) is 0 Å². The molecule has 328 valence electrons. The summed E-state index contributed by atoms with van der Waals surface area (Å²) in [7, 11) is 0. The van der Waals surface area contributed by atoms with Gasteiger partial charge in [-0.2, -0.15) is 0 Å². The fourth-order valence-electron chi connectivity index (χ4n) is 9.21. The Morgan fingerprint density at radius 1 is 0.448 bits per heavy atom. The van der Waals surface area contributed by atoms with Gasteiger partial charge in [-0.1, -0.05) is 181 Å². The maximum absolute atomic E-state index is 12.3. The number of aromatic hydroxyl groups is 1. The van der Waals surface area contributed by atoms with Crippen LogP contribution in [-0.4, -0.2) is 19.6 Å². The van der Waals surface area contributed by atoms with E-state index in [1.54, 1.807) is 0 Å². The van der Waals surface area contributed by atoms with Crippen molar-refractivity contribution in [2.75, 3.05) is 0 Å². The normalized spacial score (nSPS) is 12.0. The number of aromatic nitrogens is 3. The first kappa shape index (κ1) is 41.9. The summed E-state index contributed by atoms with van der Waals surface area (Å²) in [6.07, 6.45) is 1.90. The molecule has 1 N–H and O–H groups in total. The molecule has 0 amide bonds. The number of nitrogens with zero attached hydrogens (tertiary/aromatic N) is 3. The average molecular weight is 871 g/mol. The first-order valence-corrected chi connectivity index (χ1v) is 23.3. The Morgan fingerprint density at radius 2 is 1.01 bits per heavy atom. The second kappa shape index (κ2) is 18.2. The number of phenolic OH excluding ortho intramolecular Hbond substituents is 1. The summed E-state index contributed by atoms with van der Waals surface area (Å²) in [6, 6.07) is 68.1. The highest BCUT2D eigenvalue weighted by atomic mass is 16.3. The van der Waals surface area contributed by atoms with Crippen molar-refractivity contribution < 1.29 is 6.48 Å². The lowest BCUT2D eigenvalue weighted by Gasteiger charge is -2.19. The van der Waals surface area contributed by atoms with Crippen molar-refractivity contribution in [3.05, 3.63) is 217 Å². The number of rotatable bonds is 11. The topological polar surface area (TPSA) is 50.9 Å². The zero-order chi connectivity index (χ0) is 47.1. The van der Waals surface area contributed by atoms with Gasteiger partial charge < -0.3 is 5.11 Å². The SMILES string of the molecule is [2H]C(C)(C)c1cc(-c2ccccc2)cc(-n2c(-c3cc(C(C)C)cc(C(C)C)c3O)nc3c(-c4cc(-c5ccccc5)cc(-c5cc(-c6ccc(-c7ccccc7)cc6)ccn5)c4)cccc32)c1. The molecule has 0 aliphatic heterocycles. The number of hydrogen-bond acceptors (Lipinski definition) is 3. The molecule has 0 saturated heterocycles. The maximum atomic E-state index is 12.3. The molecule has 10 aromatic rings. The molecule has 2 heterocycles. The molecule has 0 spiro atoms. The molecule has 0 radical (unpaired) electrons. The van der Waals surface area contributed by atoms with Crippen molar-refractivity contribution in [3.8, 4) is 89.7 Å². The molecule has 0 fully saturated rings. The summed E-state index contributed by atoms with van der Waals surface area (Å²) in [5.41, 5.74) is 18.8. The van der Waals surface area contributed by atoms with Gasteiger partial charge >= 0.3 is 0 Å². The Morgan fingerprint density at radius 3 is 1.63 bits per heavy atom. The van der Waals surface area contributed by atoms with E-state index in [-0.39, 0.29) is 17.6 Å². The first-order chi connectivity index (χ1) is 32.9. The summed E-state index contributed by atoms with van der Waals surface area (Å²) >= 11 is 0. The summed E-state index contributed by atoms with van der Waals surface area (Å²) < 4.78 is 11.5. The molecule has 4 heteroatoms. The number of phenols is 1. The maximum Gasteiger partial charge on any atom is 0.149 e. The molecular weight excluding hydrogens is 815 g/mol. The minimum absolute atomic E-state index is 0.0814. The molecule has 0 aliphatic rings. The van der Waals surface area contributed by atoms with Crippen molar-refractivity contribution in [1.82, 2.24) is 14.5 Å². The van der Waals surface area contributed by atoms with Gasteiger partial charge in [0.15, 0.2) is 0 Å². The van der Waals surface area contributed by atoms with Gasteiger partial charge in [0.05, 0.1) is 22.3 Å². The average Bonchev–Trinajstić information content (AvgIpc) is 3.76. The first-order valence-electron chi connectivity index (χ1n) is 23.8. The zero-order valence-electron chi connectivity index (χ0n) is 40.0. The monoisotopic (exact) mass is 870 g/mol. The molecule has 67 heavy (non-hydrogen) atoms. The van der Waals surface area contributed by atoms with Gasteiger partial charge in [-0.15, -0.1) is 0 Å². The third kappa shape index (κ3) is 8.59. The number of hydrogen-bond donors (Lipinski definition) is 1. The van der Waals surface area contributed by atoms with Gasteiger partial charge in [0.1, 0.15) is 11.6 Å². The molecule has 4 nitrogen and oxygen atoms in total. The molecule has 0 bridgehead atoms. The second-order valence-corrected chi connectivity index (χ2v) is 18.4. The lowest BCUT2D eigenvalue weighted by molar-refractivity contribution is 0.466. The quantitative estimate of drug-likeness (QED) is 0.141. The van der Waals surface area contributed by atoms with E-state index in [1.807, 2.05) is 50.4 Å².